The van der Waals surface area contributed by atoms with Crippen LogP contribution in [-0.4, -0.2) is 47.6 Å². The first-order valence-corrected chi connectivity index (χ1v) is 11.2. The molecule has 2 aromatic carbocycles. The smallest absolute Gasteiger partial charge is 0.335 e. The number of amides is 4. The van der Waals surface area contributed by atoms with Gasteiger partial charge in [0.1, 0.15) is 0 Å². The van der Waals surface area contributed by atoms with Crippen LogP contribution in [0.5, 0.6) is 0 Å². The van der Waals surface area contributed by atoms with Crippen molar-refractivity contribution >= 4 is 46.5 Å². The number of barbiturate groups is 1. The topological polar surface area (TPSA) is 122 Å². The third-order valence-electron chi connectivity index (χ3n) is 6.74. The SMILES string of the molecule is C[C@@H]1CN2c3ccc([N+](=O)[O-])cc3C[C@]3(C(=O)NC(=O)N(c4ccc(Cl)cc4)C3=O)[C@@H]2[C@@H](C)O1. The monoisotopic (exact) mass is 484 g/mol. The average Bonchev–Trinajstić information content (AvgIpc) is 2.78. The summed E-state index contributed by atoms with van der Waals surface area (Å²) in [6, 6.07) is 8.97. The molecular formula is C23H21ClN4O6. The zero-order chi connectivity index (χ0) is 24.4. The molecule has 3 heterocycles. The number of morpholine rings is 1. The third kappa shape index (κ3) is 3.17. The number of hydrogen-bond acceptors (Lipinski definition) is 7. The number of halogens is 1. The van der Waals surface area contributed by atoms with Crippen LogP contribution in [-0.2, 0) is 20.7 Å². The Hall–Kier alpha value is -3.50. The molecule has 10 nitrogen and oxygen atoms in total. The van der Waals surface area contributed by atoms with Crippen LogP contribution in [0.15, 0.2) is 42.5 Å². The van der Waals surface area contributed by atoms with E-state index in [1.807, 2.05) is 11.8 Å². The molecular weight excluding hydrogens is 464 g/mol. The van der Waals surface area contributed by atoms with Crippen LogP contribution in [0, 0.1) is 15.5 Å². The minimum Gasteiger partial charge on any atom is -0.372 e. The fraction of sp³-hybridized carbons (Fsp3) is 0.348. The molecule has 0 aromatic heterocycles. The lowest BCUT2D eigenvalue weighted by Crippen LogP contribution is -2.76. The Labute approximate surface area is 199 Å². The molecule has 2 saturated heterocycles. The van der Waals surface area contributed by atoms with Gasteiger partial charge in [-0.05, 0) is 49.7 Å². The van der Waals surface area contributed by atoms with Crippen LogP contribution in [0.1, 0.15) is 19.4 Å². The lowest BCUT2D eigenvalue weighted by Gasteiger charge is -2.56. The van der Waals surface area contributed by atoms with Gasteiger partial charge in [-0.2, -0.15) is 0 Å². The summed E-state index contributed by atoms with van der Waals surface area (Å²) in [6.45, 7) is 4.04. The van der Waals surface area contributed by atoms with Crippen LogP contribution in [0.2, 0.25) is 5.02 Å². The van der Waals surface area contributed by atoms with E-state index in [4.69, 9.17) is 16.3 Å². The summed E-state index contributed by atoms with van der Waals surface area (Å²) in [5.41, 5.74) is -0.432. The van der Waals surface area contributed by atoms with Crippen molar-refractivity contribution in [2.75, 3.05) is 16.3 Å². The summed E-state index contributed by atoms with van der Waals surface area (Å²) in [5, 5.41) is 14.2. The first-order valence-electron chi connectivity index (χ1n) is 10.8. The van der Waals surface area contributed by atoms with Crippen molar-refractivity contribution in [2.24, 2.45) is 5.41 Å². The molecule has 0 radical (unpaired) electrons. The molecule has 1 spiro atoms. The molecule has 34 heavy (non-hydrogen) atoms. The van der Waals surface area contributed by atoms with Crippen molar-refractivity contribution in [3.8, 4) is 0 Å². The van der Waals surface area contributed by atoms with E-state index in [1.54, 1.807) is 25.1 Å². The number of nitro benzene ring substituents is 1. The van der Waals surface area contributed by atoms with E-state index in [1.165, 1.54) is 24.3 Å². The van der Waals surface area contributed by atoms with Crippen LogP contribution in [0.4, 0.5) is 21.9 Å². The predicted octanol–water partition coefficient (Wildman–Crippen LogP) is 3.06. The maximum absolute atomic E-state index is 14.1. The molecule has 4 amide bonds. The number of nitrogens with one attached hydrogen (secondary N) is 1. The van der Waals surface area contributed by atoms with Gasteiger partial charge in [-0.1, -0.05) is 11.6 Å². The Kier molecular flexibility index (Phi) is 5.10. The Morgan fingerprint density at radius 3 is 2.53 bits per heavy atom. The number of hydrogen-bond donors (Lipinski definition) is 1. The zero-order valence-electron chi connectivity index (χ0n) is 18.4. The van der Waals surface area contributed by atoms with Crippen molar-refractivity contribution in [1.82, 2.24) is 5.32 Å². The first kappa shape index (κ1) is 22.3. The minimum atomic E-state index is -1.74. The Balaban J connectivity index is 1.70. The van der Waals surface area contributed by atoms with Crippen molar-refractivity contribution < 1.29 is 24.0 Å². The number of imide groups is 2. The molecule has 11 heteroatoms. The number of urea groups is 1. The van der Waals surface area contributed by atoms with Gasteiger partial charge in [0.05, 0.1) is 28.9 Å². The number of anilines is 2. The highest BCUT2D eigenvalue weighted by Crippen LogP contribution is 2.49. The van der Waals surface area contributed by atoms with E-state index in [-0.39, 0.29) is 23.9 Å². The van der Waals surface area contributed by atoms with Gasteiger partial charge >= 0.3 is 6.03 Å². The van der Waals surface area contributed by atoms with E-state index < -0.39 is 40.3 Å². The van der Waals surface area contributed by atoms with Crippen molar-refractivity contribution in [3.63, 3.8) is 0 Å². The van der Waals surface area contributed by atoms with Gasteiger partial charge in [0.2, 0.25) is 5.91 Å². The van der Waals surface area contributed by atoms with Gasteiger partial charge in [-0.3, -0.25) is 25.0 Å². The molecule has 3 aliphatic heterocycles. The number of nitro groups is 1. The van der Waals surface area contributed by atoms with Crippen molar-refractivity contribution in [1.29, 1.82) is 0 Å². The zero-order valence-corrected chi connectivity index (χ0v) is 19.1. The molecule has 4 atom stereocenters. The summed E-state index contributed by atoms with van der Waals surface area (Å²) < 4.78 is 6.04. The Bertz CT molecular complexity index is 1230. The number of carbonyl (C=O) groups is 3. The van der Waals surface area contributed by atoms with E-state index in [0.29, 0.717) is 22.8 Å². The van der Waals surface area contributed by atoms with Crippen molar-refractivity contribution in [2.45, 2.75) is 38.5 Å². The quantitative estimate of drug-likeness (QED) is 0.395. The summed E-state index contributed by atoms with van der Waals surface area (Å²) in [4.78, 5) is 54.2. The molecule has 3 aliphatic rings. The molecule has 0 bridgehead atoms. The van der Waals surface area contributed by atoms with Gasteiger partial charge in [0.25, 0.3) is 11.6 Å². The summed E-state index contributed by atoms with van der Waals surface area (Å²) in [5.74, 6) is -1.45. The molecule has 0 saturated carbocycles. The van der Waals surface area contributed by atoms with Gasteiger partial charge in [-0.25, -0.2) is 9.69 Å². The Morgan fingerprint density at radius 1 is 1.15 bits per heavy atom. The second-order valence-electron chi connectivity index (χ2n) is 8.84. The largest absolute Gasteiger partial charge is 0.372 e. The highest BCUT2D eigenvalue weighted by atomic mass is 35.5. The third-order valence-corrected chi connectivity index (χ3v) is 6.99. The molecule has 176 valence electrons. The number of fused-ring (bicyclic) bond motifs is 4. The second-order valence-corrected chi connectivity index (χ2v) is 9.28. The predicted molar refractivity (Wildman–Crippen MR) is 123 cm³/mol. The lowest BCUT2D eigenvalue weighted by atomic mass is 9.66. The van der Waals surface area contributed by atoms with E-state index in [2.05, 4.69) is 5.32 Å². The van der Waals surface area contributed by atoms with Crippen molar-refractivity contribution in [3.05, 3.63) is 63.2 Å². The van der Waals surface area contributed by atoms with E-state index in [0.717, 1.165) is 4.90 Å². The van der Waals surface area contributed by atoms with Crippen LogP contribution >= 0.6 is 11.6 Å². The summed E-state index contributed by atoms with van der Waals surface area (Å²) in [7, 11) is 0. The number of carbonyl (C=O) groups excluding carboxylic acids is 3. The Morgan fingerprint density at radius 2 is 1.85 bits per heavy atom. The van der Waals surface area contributed by atoms with Crippen LogP contribution in [0.25, 0.3) is 0 Å². The summed E-state index contributed by atoms with van der Waals surface area (Å²) in [6.07, 6.45) is -0.864. The number of non-ortho nitro benzene ring substituents is 1. The minimum absolute atomic E-state index is 0.116. The number of nitrogens with zero attached hydrogens (tertiary/aromatic N) is 3. The number of ether oxygens (including phenoxy) is 1. The van der Waals surface area contributed by atoms with E-state index >= 15 is 0 Å². The summed E-state index contributed by atoms with van der Waals surface area (Å²) >= 11 is 5.97. The molecule has 2 fully saturated rings. The molecule has 2 aromatic rings. The van der Waals surface area contributed by atoms with Crippen LogP contribution in [0.3, 0.4) is 0 Å². The number of benzene rings is 2. The fourth-order valence-corrected chi connectivity index (χ4v) is 5.58. The second kappa shape index (κ2) is 7.78. The highest BCUT2D eigenvalue weighted by molar-refractivity contribution is 6.32. The molecule has 0 unspecified atom stereocenters. The van der Waals surface area contributed by atoms with Crippen LogP contribution < -0.4 is 15.1 Å². The maximum Gasteiger partial charge on any atom is 0.335 e. The number of rotatable bonds is 2. The lowest BCUT2D eigenvalue weighted by molar-refractivity contribution is -0.384. The highest BCUT2D eigenvalue weighted by Gasteiger charge is 2.65. The van der Waals surface area contributed by atoms with Gasteiger partial charge in [-0.15, -0.1) is 0 Å². The maximum atomic E-state index is 14.1. The van der Waals surface area contributed by atoms with E-state index in [9.17, 15) is 24.5 Å². The molecule has 5 rings (SSSR count). The average molecular weight is 485 g/mol. The standard InChI is InChI=1S/C23H21ClN4O6/c1-12-11-26-18-8-7-17(28(32)33)9-14(18)10-23(19(26)13(2)34-12)20(29)25-22(31)27(21(23)30)16-5-3-15(24)4-6-16/h3-9,12-13,19H,10-11H2,1-2H3,(H,25,29,31)/t12-,13-,19+,23-/m1/s1. The fourth-order valence-electron chi connectivity index (χ4n) is 5.45. The van der Waals surface area contributed by atoms with Gasteiger partial charge in [0, 0.05) is 35.8 Å². The normalized spacial score (nSPS) is 28.4. The molecule has 0 aliphatic carbocycles. The first-order chi connectivity index (χ1) is 16.1. The van der Waals surface area contributed by atoms with Gasteiger partial charge in [0.15, 0.2) is 5.41 Å². The molecule has 1 N–H and O–H groups in total. The van der Waals surface area contributed by atoms with Gasteiger partial charge < -0.3 is 9.64 Å².